The van der Waals surface area contributed by atoms with Crippen LogP contribution >= 0.6 is 0 Å². The number of carbonyl (C=O) groups excluding carboxylic acids is 1. The van der Waals surface area contributed by atoms with Crippen LogP contribution in [0.1, 0.15) is 32.6 Å². The number of nitrogens with zero attached hydrogens (tertiary/aromatic N) is 1. The predicted molar refractivity (Wildman–Crippen MR) is 60.7 cm³/mol. The van der Waals surface area contributed by atoms with Crippen LogP contribution in [0.2, 0.25) is 0 Å². The summed E-state index contributed by atoms with van der Waals surface area (Å²) in [6.45, 7) is 7.06. The molecule has 1 rings (SSSR count). The molecule has 1 amide bonds. The van der Waals surface area contributed by atoms with Gasteiger partial charge in [-0.2, -0.15) is 0 Å². The Bertz CT molecular complexity index is 210. The largest absolute Gasteiger partial charge is 0.372 e. The summed E-state index contributed by atoms with van der Waals surface area (Å²) in [7, 11) is 0. The van der Waals surface area contributed by atoms with E-state index in [-0.39, 0.29) is 12.5 Å². The summed E-state index contributed by atoms with van der Waals surface area (Å²) in [4.78, 5) is 13.7. The number of rotatable bonds is 6. The first kappa shape index (κ1) is 12.2. The van der Waals surface area contributed by atoms with Crippen molar-refractivity contribution in [1.82, 2.24) is 4.90 Å². The van der Waals surface area contributed by atoms with E-state index >= 15 is 0 Å². The van der Waals surface area contributed by atoms with Crippen LogP contribution in [-0.4, -0.2) is 36.6 Å². The Morgan fingerprint density at radius 2 is 2.20 bits per heavy atom. The zero-order chi connectivity index (χ0) is 11.1. The second kappa shape index (κ2) is 6.62. The molecule has 1 fully saturated rings. The lowest BCUT2D eigenvalue weighted by Gasteiger charge is -2.27. The van der Waals surface area contributed by atoms with Crippen LogP contribution in [0.3, 0.4) is 0 Å². The number of carbonyl (C=O) groups is 1. The highest BCUT2D eigenvalue weighted by Crippen LogP contribution is 2.23. The topological polar surface area (TPSA) is 29.5 Å². The highest BCUT2D eigenvalue weighted by Gasteiger charge is 2.25. The zero-order valence-corrected chi connectivity index (χ0v) is 9.58. The molecule has 15 heavy (non-hydrogen) atoms. The van der Waals surface area contributed by atoms with Gasteiger partial charge < -0.3 is 9.64 Å². The minimum absolute atomic E-state index is 0.101. The first-order valence-electron chi connectivity index (χ1n) is 5.77. The molecule has 1 aliphatic carbocycles. The fourth-order valence-corrected chi connectivity index (χ4v) is 2.08. The third-order valence-corrected chi connectivity index (χ3v) is 2.84. The van der Waals surface area contributed by atoms with Crippen LogP contribution in [0.4, 0.5) is 0 Å². The maximum atomic E-state index is 11.8. The van der Waals surface area contributed by atoms with Gasteiger partial charge >= 0.3 is 0 Å². The molecule has 1 aliphatic rings. The van der Waals surface area contributed by atoms with Gasteiger partial charge in [0.25, 0.3) is 0 Å². The van der Waals surface area contributed by atoms with Crippen LogP contribution in [0.25, 0.3) is 0 Å². The summed E-state index contributed by atoms with van der Waals surface area (Å²) < 4.78 is 5.16. The van der Waals surface area contributed by atoms with E-state index in [1.165, 1.54) is 12.8 Å². The summed E-state index contributed by atoms with van der Waals surface area (Å²) >= 11 is 0. The first-order valence-corrected chi connectivity index (χ1v) is 5.77. The van der Waals surface area contributed by atoms with Crippen molar-refractivity contribution in [2.24, 2.45) is 0 Å². The minimum Gasteiger partial charge on any atom is -0.372 e. The molecule has 0 unspecified atom stereocenters. The van der Waals surface area contributed by atoms with Gasteiger partial charge in [0, 0.05) is 19.2 Å². The van der Waals surface area contributed by atoms with Gasteiger partial charge in [0.1, 0.15) is 6.61 Å². The number of amides is 1. The molecule has 0 heterocycles. The zero-order valence-electron chi connectivity index (χ0n) is 9.58. The summed E-state index contributed by atoms with van der Waals surface area (Å²) in [6.07, 6.45) is 6.53. The van der Waals surface area contributed by atoms with E-state index in [0.717, 1.165) is 12.8 Å². The van der Waals surface area contributed by atoms with Crippen LogP contribution < -0.4 is 0 Å². The van der Waals surface area contributed by atoms with Crippen molar-refractivity contribution in [2.75, 3.05) is 19.8 Å². The molecule has 3 heteroatoms. The molecular formula is C12H21NO2. The highest BCUT2D eigenvalue weighted by molar-refractivity contribution is 5.78. The molecule has 0 atom stereocenters. The number of hydrogen-bond acceptors (Lipinski definition) is 2. The maximum absolute atomic E-state index is 11.8. The van der Waals surface area contributed by atoms with Crippen LogP contribution in [0.5, 0.6) is 0 Å². The average molecular weight is 211 g/mol. The summed E-state index contributed by atoms with van der Waals surface area (Å²) in [6, 6.07) is 0.413. The lowest BCUT2D eigenvalue weighted by Crippen LogP contribution is -2.41. The molecule has 86 valence electrons. The van der Waals surface area contributed by atoms with Crippen molar-refractivity contribution >= 4 is 5.91 Å². The summed E-state index contributed by atoms with van der Waals surface area (Å²) in [5.41, 5.74) is 0. The van der Waals surface area contributed by atoms with Crippen molar-refractivity contribution in [1.29, 1.82) is 0 Å². The van der Waals surface area contributed by atoms with E-state index in [4.69, 9.17) is 4.74 Å². The second-order valence-corrected chi connectivity index (χ2v) is 3.91. The molecule has 0 spiro atoms. The van der Waals surface area contributed by atoms with Gasteiger partial charge in [-0.05, 0) is 19.8 Å². The molecule has 0 N–H and O–H groups in total. The summed E-state index contributed by atoms with van der Waals surface area (Å²) in [5, 5.41) is 0. The normalized spacial score (nSPS) is 16.6. The molecule has 0 radical (unpaired) electrons. The van der Waals surface area contributed by atoms with Crippen LogP contribution in [0, 0.1) is 0 Å². The molecular weight excluding hydrogens is 190 g/mol. The van der Waals surface area contributed by atoms with Crippen LogP contribution in [0.15, 0.2) is 12.7 Å². The Morgan fingerprint density at radius 1 is 1.53 bits per heavy atom. The van der Waals surface area contributed by atoms with Crippen molar-refractivity contribution in [3.63, 3.8) is 0 Å². The van der Waals surface area contributed by atoms with Crippen molar-refractivity contribution in [2.45, 2.75) is 38.6 Å². The fraction of sp³-hybridized carbons (Fsp3) is 0.750. The van der Waals surface area contributed by atoms with Gasteiger partial charge in [0.15, 0.2) is 0 Å². The molecule has 0 saturated heterocycles. The smallest absolute Gasteiger partial charge is 0.249 e. The van der Waals surface area contributed by atoms with Gasteiger partial charge in [0.2, 0.25) is 5.91 Å². The van der Waals surface area contributed by atoms with Crippen LogP contribution in [-0.2, 0) is 9.53 Å². The molecule has 0 aliphatic heterocycles. The SMILES string of the molecule is C=CCN(C(=O)COCC)C1CCCC1. The fourth-order valence-electron chi connectivity index (χ4n) is 2.08. The van der Waals surface area contributed by atoms with Gasteiger partial charge in [-0.15, -0.1) is 6.58 Å². The van der Waals surface area contributed by atoms with Gasteiger partial charge in [-0.25, -0.2) is 0 Å². The van der Waals surface area contributed by atoms with Crippen molar-refractivity contribution in [3.05, 3.63) is 12.7 Å². The molecule has 3 nitrogen and oxygen atoms in total. The molecule has 0 bridgehead atoms. The molecule has 0 aromatic rings. The van der Waals surface area contributed by atoms with E-state index in [0.29, 0.717) is 19.2 Å². The van der Waals surface area contributed by atoms with Crippen molar-refractivity contribution < 1.29 is 9.53 Å². The first-order chi connectivity index (χ1) is 7.29. The second-order valence-electron chi connectivity index (χ2n) is 3.91. The van der Waals surface area contributed by atoms with Crippen molar-refractivity contribution in [3.8, 4) is 0 Å². The Kier molecular flexibility index (Phi) is 5.40. The molecule has 0 aromatic heterocycles. The van der Waals surface area contributed by atoms with E-state index in [1.54, 1.807) is 6.08 Å². The average Bonchev–Trinajstić information content (AvgIpc) is 2.75. The predicted octanol–water partition coefficient (Wildman–Crippen LogP) is 1.98. The van der Waals surface area contributed by atoms with E-state index < -0.39 is 0 Å². The van der Waals surface area contributed by atoms with Gasteiger partial charge in [0.05, 0.1) is 0 Å². The standard InChI is InChI=1S/C12H21NO2/c1-3-9-13(11-7-5-6-8-11)12(14)10-15-4-2/h3,11H,1,4-10H2,2H3. The highest BCUT2D eigenvalue weighted by atomic mass is 16.5. The maximum Gasteiger partial charge on any atom is 0.249 e. The Hall–Kier alpha value is -0.830. The molecule has 0 aromatic carbocycles. The monoisotopic (exact) mass is 211 g/mol. The Labute approximate surface area is 92.1 Å². The minimum atomic E-state index is 0.101. The van der Waals surface area contributed by atoms with E-state index in [2.05, 4.69) is 6.58 Å². The van der Waals surface area contributed by atoms with Gasteiger partial charge in [-0.3, -0.25) is 4.79 Å². The third-order valence-electron chi connectivity index (χ3n) is 2.84. The number of ether oxygens (including phenoxy) is 1. The number of hydrogen-bond donors (Lipinski definition) is 0. The summed E-state index contributed by atoms with van der Waals surface area (Å²) in [5.74, 6) is 0.101. The molecule has 1 saturated carbocycles. The Balaban J connectivity index is 2.47. The van der Waals surface area contributed by atoms with E-state index in [9.17, 15) is 4.79 Å². The van der Waals surface area contributed by atoms with Gasteiger partial charge in [-0.1, -0.05) is 18.9 Å². The van der Waals surface area contributed by atoms with E-state index in [1.807, 2.05) is 11.8 Å². The lowest BCUT2D eigenvalue weighted by atomic mass is 10.2. The quantitative estimate of drug-likeness (QED) is 0.629. The Morgan fingerprint density at radius 3 is 2.73 bits per heavy atom. The lowest BCUT2D eigenvalue weighted by molar-refractivity contribution is -0.137. The third kappa shape index (κ3) is 3.67.